The fourth-order valence-corrected chi connectivity index (χ4v) is 4.01. The Bertz CT molecular complexity index is 1230. The highest BCUT2D eigenvalue weighted by atomic mass is 16.4. The van der Waals surface area contributed by atoms with Crippen LogP contribution in [0, 0.1) is 6.92 Å². The third kappa shape index (κ3) is 6.93. The largest absolute Gasteiger partial charge is 0.455 e. The number of rotatable bonds is 8. The summed E-state index contributed by atoms with van der Waals surface area (Å²) in [5, 5.41) is 2.90. The molecule has 0 fully saturated rings. The maximum absolute atomic E-state index is 12.7. The number of carbonyl (C=O) groups is 1. The quantitative estimate of drug-likeness (QED) is 0.295. The third-order valence-corrected chi connectivity index (χ3v) is 6.05. The number of anilines is 1. The third-order valence-electron chi connectivity index (χ3n) is 6.05. The standard InChI is InChI=1S/C31H34N2O2/c1-23-10-16-27(17-11-23)32-30(34)29-19-18-28(35-29)22-33(20-24-8-6-5-7-9-24)21-25-12-14-26(15-13-25)31(2,3)4/h5-19H,20-22H2,1-4H3,(H,32,34). The van der Waals surface area contributed by atoms with Gasteiger partial charge in [0.1, 0.15) is 5.76 Å². The predicted molar refractivity (Wildman–Crippen MR) is 142 cm³/mol. The van der Waals surface area contributed by atoms with Crippen molar-refractivity contribution >= 4 is 11.6 Å². The molecule has 0 spiro atoms. The molecule has 3 aromatic carbocycles. The average Bonchev–Trinajstić information content (AvgIpc) is 3.30. The molecule has 0 aliphatic rings. The van der Waals surface area contributed by atoms with E-state index in [4.69, 9.17) is 4.42 Å². The summed E-state index contributed by atoms with van der Waals surface area (Å²) in [5.74, 6) is 0.837. The average molecular weight is 467 g/mol. The van der Waals surface area contributed by atoms with Crippen LogP contribution in [-0.2, 0) is 25.0 Å². The number of hydrogen-bond acceptors (Lipinski definition) is 3. The molecule has 4 heteroatoms. The zero-order valence-electron chi connectivity index (χ0n) is 21.0. The molecule has 0 saturated carbocycles. The first-order chi connectivity index (χ1) is 16.8. The van der Waals surface area contributed by atoms with Gasteiger partial charge in [0.05, 0.1) is 6.54 Å². The van der Waals surface area contributed by atoms with Crippen LogP contribution in [-0.4, -0.2) is 10.8 Å². The number of nitrogens with zero attached hydrogens (tertiary/aromatic N) is 1. The van der Waals surface area contributed by atoms with Crippen molar-refractivity contribution < 1.29 is 9.21 Å². The molecule has 1 aromatic heterocycles. The van der Waals surface area contributed by atoms with E-state index in [0.717, 1.165) is 30.1 Å². The number of aryl methyl sites for hydroxylation is 1. The van der Waals surface area contributed by atoms with Gasteiger partial charge in [-0.25, -0.2) is 0 Å². The summed E-state index contributed by atoms with van der Waals surface area (Å²) in [6.07, 6.45) is 0. The normalized spacial score (nSPS) is 11.6. The van der Waals surface area contributed by atoms with Crippen LogP contribution in [0.5, 0.6) is 0 Å². The first kappa shape index (κ1) is 24.5. The molecule has 0 aliphatic carbocycles. The number of furan rings is 1. The molecule has 0 aliphatic heterocycles. The monoisotopic (exact) mass is 466 g/mol. The Labute approximate surface area is 208 Å². The van der Waals surface area contributed by atoms with E-state index in [2.05, 4.69) is 79.5 Å². The van der Waals surface area contributed by atoms with Gasteiger partial charge in [0.15, 0.2) is 5.76 Å². The molecule has 4 aromatic rings. The number of amides is 1. The van der Waals surface area contributed by atoms with Crippen molar-refractivity contribution in [2.75, 3.05) is 5.32 Å². The predicted octanol–water partition coefficient (Wildman–Crippen LogP) is 7.34. The van der Waals surface area contributed by atoms with E-state index in [1.54, 1.807) is 6.07 Å². The van der Waals surface area contributed by atoms with E-state index in [1.807, 2.05) is 43.3 Å². The van der Waals surface area contributed by atoms with E-state index in [0.29, 0.717) is 12.3 Å². The maximum atomic E-state index is 12.7. The lowest BCUT2D eigenvalue weighted by Gasteiger charge is -2.23. The minimum Gasteiger partial charge on any atom is -0.455 e. The minimum absolute atomic E-state index is 0.131. The summed E-state index contributed by atoms with van der Waals surface area (Å²) >= 11 is 0. The second-order valence-corrected chi connectivity index (χ2v) is 10.2. The second kappa shape index (κ2) is 10.7. The molecule has 4 nitrogen and oxygen atoms in total. The number of hydrogen-bond donors (Lipinski definition) is 1. The summed E-state index contributed by atoms with van der Waals surface area (Å²) in [6.45, 7) is 10.9. The molecule has 0 saturated heterocycles. The van der Waals surface area contributed by atoms with Gasteiger partial charge in [-0.2, -0.15) is 0 Å². The van der Waals surface area contributed by atoms with E-state index >= 15 is 0 Å². The van der Waals surface area contributed by atoms with Crippen molar-refractivity contribution in [1.29, 1.82) is 0 Å². The molecule has 1 heterocycles. The van der Waals surface area contributed by atoms with Crippen LogP contribution in [0.4, 0.5) is 5.69 Å². The van der Waals surface area contributed by atoms with E-state index in [-0.39, 0.29) is 11.3 Å². The molecule has 1 amide bonds. The molecule has 4 rings (SSSR count). The molecule has 180 valence electrons. The van der Waals surface area contributed by atoms with Gasteiger partial charge in [-0.05, 0) is 53.3 Å². The van der Waals surface area contributed by atoms with Crippen molar-refractivity contribution in [2.45, 2.75) is 52.7 Å². The molecule has 0 atom stereocenters. The topological polar surface area (TPSA) is 45.5 Å². The maximum Gasteiger partial charge on any atom is 0.291 e. The molecular formula is C31H34N2O2. The van der Waals surface area contributed by atoms with Crippen LogP contribution < -0.4 is 5.32 Å². The Balaban J connectivity index is 1.47. The lowest BCUT2D eigenvalue weighted by molar-refractivity contribution is 0.0992. The number of benzene rings is 3. The van der Waals surface area contributed by atoms with E-state index in [1.165, 1.54) is 16.7 Å². The lowest BCUT2D eigenvalue weighted by atomic mass is 9.87. The second-order valence-electron chi connectivity index (χ2n) is 10.2. The summed E-state index contributed by atoms with van der Waals surface area (Å²) < 4.78 is 5.96. The Morgan fingerprint density at radius 1 is 0.771 bits per heavy atom. The van der Waals surface area contributed by atoms with Crippen LogP contribution in [0.15, 0.2) is 95.4 Å². The Kier molecular flexibility index (Phi) is 7.52. The van der Waals surface area contributed by atoms with Crippen molar-refractivity contribution in [3.05, 3.63) is 125 Å². The lowest BCUT2D eigenvalue weighted by Crippen LogP contribution is -2.22. The fourth-order valence-electron chi connectivity index (χ4n) is 4.01. The minimum atomic E-state index is -0.243. The van der Waals surface area contributed by atoms with Gasteiger partial charge in [0.25, 0.3) is 5.91 Å². The van der Waals surface area contributed by atoms with Gasteiger partial charge in [-0.1, -0.05) is 93.1 Å². The Hall–Kier alpha value is -3.63. The van der Waals surface area contributed by atoms with Crippen LogP contribution >= 0.6 is 0 Å². The van der Waals surface area contributed by atoms with Crippen LogP contribution in [0.1, 0.15) is 59.3 Å². The summed E-state index contributed by atoms with van der Waals surface area (Å²) in [5.41, 5.74) is 5.84. The summed E-state index contributed by atoms with van der Waals surface area (Å²) in [4.78, 5) is 15.0. The van der Waals surface area contributed by atoms with Crippen LogP contribution in [0.3, 0.4) is 0 Å². The van der Waals surface area contributed by atoms with Gasteiger partial charge < -0.3 is 9.73 Å². The highest BCUT2D eigenvalue weighted by molar-refractivity contribution is 6.02. The van der Waals surface area contributed by atoms with Gasteiger partial charge in [-0.15, -0.1) is 0 Å². The fraction of sp³-hybridized carbons (Fsp3) is 0.258. The molecule has 35 heavy (non-hydrogen) atoms. The van der Waals surface area contributed by atoms with Crippen LogP contribution in [0.25, 0.3) is 0 Å². The zero-order valence-corrected chi connectivity index (χ0v) is 21.0. The molecule has 1 N–H and O–H groups in total. The first-order valence-corrected chi connectivity index (χ1v) is 12.1. The smallest absolute Gasteiger partial charge is 0.291 e. The molecule has 0 radical (unpaired) electrons. The van der Waals surface area contributed by atoms with Crippen molar-refractivity contribution in [3.63, 3.8) is 0 Å². The Morgan fingerprint density at radius 2 is 1.40 bits per heavy atom. The Morgan fingerprint density at radius 3 is 2.03 bits per heavy atom. The van der Waals surface area contributed by atoms with E-state index < -0.39 is 0 Å². The van der Waals surface area contributed by atoms with Gasteiger partial charge >= 0.3 is 0 Å². The van der Waals surface area contributed by atoms with Gasteiger partial charge in [0, 0.05) is 18.8 Å². The summed E-state index contributed by atoms with van der Waals surface area (Å²) in [6, 6.07) is 30.7. The first-order valence-electron chi connectivity index (χ1n) is 12.1. The molecule has 0 unspecified atom stereocenters. The van der Waals surface area contributed by atoms with Gasteiger partial charge in [-0.3, -0.25) is 9.69 Å². The highest BCUT2D eigenvalue weighted by Crippen LogP contribution is 2.23. The van der Waals surface area contributed by atoms with Crippen molar-refractivity contribution in [1.82, 2.24) is 4.90 Å². The van der Waals surface area contributed by atoms with Crippen molar-refractivity contribution in [3.8, 4) is 0 Å². The highest BCUT2D eigenvalue weighted by Gasteiger charge is 2.16. The SMILES string of the molecule is Cc1ccc(NC(=O)c2ccc(CN(Cc3ccccc3)Cc3ccc(C(C)(C)C)cc3)o2)cc1. The summed E-state index contributed by atoms with van der Waals surface area (Å²) in [7, 11) is 0. The number of nitrogens with one attached hydrogen (secondary N) is 1. The van der Waals surface area contributed by atoms with Crippen molar-refractivity contribution in [2.24, 2.45) is 0 Å². The van der Waals surface area contributed by atoms with E-state index in [9.17, 15) is 4.79 Å². The number of carbonyl (C=O) groups excluding carboxylic acids is 1. The van der Waals surface area contributed by atoms with Gasteiger partial charge in [0.2, 0.25) is 0 Å². The molecular weight excluding hydrogens is 432 g/mol. The molecule has 0 bridgehead atoms. The van der Waals surface area contributed by atoms with Crippen LogP contribution in [0.2, 0.25) is 0 Å². The zero-order chi connectivity index (χ0) is 24.8.